The van der Waals surface area contributed by atoms with Crippen molar-refractivity contribution in [2.45, 2.75) is 43.8 Å². The number of hydrogen-bond acceptors (Lipinski definition) is 7. The molecule has 1 aromatic rings. The number of anilines is 2. The van der Waals surface area contributed by atoms with Crippen LogP contribution in [0.3, 0.4) is 0 Å². The number of fused-ring (bicyclic) bond motifs is 1. The van der Waals surface area contributed by atoms with Gasteiger partial charge in [0.2, 0.25) is 0 Å². The molecule has 3 aliphatic rings. The number of halogens is 4. The fourth-order valence-electron chi connectivity index (χ4n) is 3.73. The molecule has 0 aromatic heterocycles. The molecule has 2 heterocycles. The average Bonchev–Trinajstić information content (AvgIpc) is 3.39. The Bertz CT molecular complexity index is 1030. The number of amides is 2. The summed E-state index contributed by atoms with van der Waals surface area (Å²) in [7, 11) is 1.13. The van der Waals surface area contributed by atoms with E-state index in [4.69, 9.17) is 9.47 Å². The van der Waals surface area contributed by atoms with Crippen molar-refractivity contribution in [1.29, 1.82) is 0 Å². The maximum atomic E-state index is 14.8. The van der Waals surface area contributed by atoms with E-state index < -0.39 is 58.9 Å². The fraction of sp³-hybridized carbons (Fsp3) is 0.421. The molecule has 1 N–H and O–H groups in total. The van der Waals surface area contributed by atoms with Crippen molar-refractivity contribution in [3.05, 3.63) is 29.6 Å². The Hall–Kier alpha value is -3.15. The molecule has 2 unspecified atom stereocenters. The van der Waals surface area contributed by atoms with Gasteiger partial charge in [0, 0.05) is 12.1 Å². The number of nitrogens with zero attached hydrogens (tertiary/aromatic N) is 2. The molecule has 1 aromatic carbocycles. The molecule has 1 saturated carbocycles. The Labute approximate surface area is 172 Å². The first-order valence-electron chi connectivity index (χ1n) is 9.15. The zero-order valence-electron chi connectivity index (χ0n) is 16.2. The number of aliphatic hydroxyl groups excluding tert-OH is 1. The maximum absolute atomic E-state index is 14.8. The molecule has 2 aliphatic heterocycles. The molecule has 166 valence electrons. The van der Waals surface area contributed by atoms with E-state index >= 15 is 0 Å². The fourth-order valence-corrected chi connectivity index (χ4v) is 3.73. The minimum Gasteiger partial charge on any atom is -0.480 e. The molecule has 4 rings (SSSR count). The van der Waals surface area contributed by atoms with Gasteiger partial charge in [-0.2, -0.15) is 13.2 Å². The van der Waals surface area contributed by atoms with E-state index in [-0.39, 0.29) is 22.4 Å². The number of ether oxygens (including phenoxy) is 2. The molecular weight excluding hydrogens is 428 g/mol. The van der Waals surface area contributed by atoms with Gasteiger partial charge in [0.05, 0.1) is 18.5 Å². The number of rotatable bonds is 3. The summed E-state index contributed by atoms with van der Waals surface area (Å²) in [6.07, 6.45) is -5.54. The minimum atomic E-state index is -5.10. The summed E-state index contributed by atoms with van der Waals surface area (Å²) in [6.45, 7) is 1.40. The molecule has 8 nitrogen and oxygen atoms in total. The third-order valence-corrected chi connectivity index (χ3v) is 5.52. The van der Waals surface area contributed by atoms with Gasteiger partial charge >= 0.3 is 12.1 Å². The average molecular weight is 444 g/mol. The number of hydrogen-bond donors (Lipinski definition) is 1. The molecule has 0 bridgehead atoms. The van der Waals surface area contributed by atoms with E-state index in [1.54, 1.807) is 0 Å². The summed E-state index contributed by atoms with van der Waals surface area (Å²) in [6, 6.07) is 0.609. The van der Waals surface area contributed by atoms with E-state index in [1.165, 1.54) is 11.8 Å². The van der Waals surface area contributed by atoms with Crippen molar-refractivity contribution in [3.63, 3.8) is 0 Å². The highest BCUT2D eigenvalue weighted by molar-refractivity contribution is 6.31. The number of carbonyl (C=O) groups is 3. The molecule has 0 radical (unpaired) electrons. The monoisotopic (exact) mass is 444 g/mol. The summed E-state index contributed by atoms with van der Waals surface area (Å²) >= 11 is 0. The molecule has 1 spiro atoms. The number of aliphatic hydroxyl groups is 1. The highest BCUT2D eigenvalue weighted by Crippen LogP contribution is 2.53. The molecule has 1 aliphatic carbocycles. The number of esters is 1. The molecule has 0 saturated heterocycles. The smallest absolute Gasteiger partial charge is 0.421 e. The summed E-state index contributed by atoms with van der Waals surface area (Å²) in [5.74, 6) is -5.14. The van der Waals surface area contributed by atoms with E-state index in [2.05, 4.69) is 0 Å². The van der Waals surface area contributed by atoms with Crippen molar-refractivity contribution in [3.8, 4) is 5.75 Å². The first kappa shape index (κ1) is 21.1. The van der Waals surface area contributed by atoms with Crippen molar-refractivity contribution in [1.82, 2.24) is 0 Å². The summed E-state index contributed by atoms with van der Waals surface area (Å²) in [5.41, 5.74) is -3.66. The lowest BCUT2D eigenvalue weighted by atomic mass is 10.1. The normalized spacial score (nSPS) is 22.8. The number of benzene rings is 1. The van der Waals surface area contributed by atoms with Gasteiger partial charge in [-0.25, -0.2) is 14.1 Å². The second kappa shape index (κ2) is 6.67. The van der Waals surface area contributed by atoms with Gasteiger partial charge in [0.15, 0.2) is 17.6 Å². The topological polar surface area (TPSA) is 96.4 Å². The zero-order chi connectivity index (χ0) is 22.9. The van der Waals surface area contributed by atoms with Crippen LogP contribution in [-0.4, -0.2) is 54.0 Å². The standard InChI is InChI=1S/C19H16F4N2O6/c1-8(16(28)30-2)24-12-7-11(25-14(26)5-9(15(25)27)19(21,22)23)10(20)6-13(12)31-18(3-4-18)17(24)29/h5-8,17,29H,3-4H2,1-2H3. The number of imide groups is 1. The van der Waals surface area contributed by atoms with Crippen LogP contribution < -0.4 is 14.5 Å². The van der Waals surface area contributed by atoms with E-state index in [1.807, 2.05) is 0 Å². The highest BCUT2D eigenvalue weighted by atomic mass is 19.4. The zero-order valence-corrected chi connectivity index (χ0v) is 16.2. The van der Waals surface area contributed by atoms with E-state index in [9.17, 15) is 37.1 Å². The van der Waals surface area contributed by atoms with Gasteiger partial charge < -0.3 is 19.5 Å². The Kier molecular flexibility index (Phi) is 4.54. The van der Waals surface area contributed by atoms with Gasteiger partial charge in [0.1, 0.15) is 17.4 Å². The predicted molar refractivity (Wildman–Crippen MR) is 95.6 cm³/mol. The Morgan fingerprint density at radius 1 is 1.29 bits per heavy atom. The predicted octanol–water partition coefficient (Wildman–Crippen LogP) is 1.80. The highest BCUT2D eigenvalue weighted by Gasteiger charge is 2.59. The van der Waals surface area contributed by atoms with Gasteiger partial charge in [-0.3, -0.25) is 9.59 Å². The van der Waals surface area contributed by atoms with Crippen LogP contribution in [0.2, 0.25) is 0 Å². The second-order valence-corrected chi connectivity index (χ2v) is 7.45. The van der Waals surface area contributed by atoms with Crippen LogP contribution in [-0.2, 0) is 19.1 Å². The number of alkyl halides is 3. The maximum Gasteiger partial charge on any atom is 0.421 e. The number of carbonyl (C=O) groups excluding carboxylic acids is 3. The lowest BCUT2D eigenvalue weighted by Crippen LogP contribution is -2.57. The largest absolute Gasteiger partial charge is 0.480 e. The van der Waals surface area contributed by atoms with Gasteiger partial charge in [0.25, 0.3) is 11.8 Å². The Morgan fingerprint density at radius 3 is 2.45 bits per heavy atom. The van der Waals surface area contributed by atoms with Crippen molar-refractivity contribution < 1.29 is 46.5 Å². The van der Waals surface area contributed by atoms with Gasteiger partial charge in [-0.15, -0.1) is 0 Å². The van der Waals surface area contributed by atoms with E-state index in [0.717, 1.165) is 19.2 Å². The summed E-state index contributed by atoms with van der Waals surface area (Å²) < 4.78 is 64.3. The van der Waals surface area contributed by atoms with E-state index in [0.29, 0.717) is 12.8 Å². The quantitative estimate of drug-likeness (QED) is 0.432. The van der Waals surface area contributed by atoms with Crippen molar-refractivity contribution in [2.24, 2.45) is 0 Å². The molecule has 2 amide bonds. The second-order valence-electron chi connectivity index (χ2n) is 7.45. The number of methoxy groups -OCH3 is 1. The van der Waals surface area contributed by atoms with Crippen LogP contribution in [0.15, 0.2) is 23.8 Å². The van der Waals surface area contributed by atoms with Crippen LogP contribution in [0.4, 0.5) is 28.9 Å². The summed E-state index contributed by atoms with van der Waals surface area (Å²) in [4.78, 5) is 37.7. The van der Waals surface area contributed by atoms with Crippen LogP contribution in [0, 0.1) is 5.82 Å². The molecule has 1 fully saturated rings. The first-order chi connectivity index (χ1) is 14.4. The van der Waals surface area contributed by atoms with Gasteiger partial charge in [-0.1, -0.05) is 0 Å². The summed E-state index contributed by atoms with van der Waals surface area (Å²) in [5, 5.41) is 10.8. The molecule has 31 heavy (non-hydrogen) atoms. The minimum absolute atomic E-state index is 0.0489. The Balaban J connectivity index is 1.81. The lowest BCUT2D eigenvalue weighted by Gasteiger charge is -2.43. The van der Waals surface area contributed by atoms with Crippen molar-refractivity contribution in [2.75, 3.05) is 16.9 Å². The van der Waals surface area contributed by atoms with Gasteiger partial charge in [-0.05, 0) is 25.8 Å². The molecule has 2 atom stereocenters. The van der Waals surface area contributed by atoms with Crippen LogP contribution in [0.25, 0.3) is 0 Å². The van der Waals surface area contributed by atoms with Crippen LogP contribution in [0.5, 0.6) is 5.75 Å². The third-order valence-electron chi connectivity index (χ3n) is 5.52. The molecule has 12 heteroatoms. The Morgan fingerprint density at radius 2 is 1.94 bits per heavy atom. The van der Waals surface area contributed by atoms with Crippen molar-refractivity contribution >= 4 is 29.2 Å². The van der Waals surface area contributed by atoms with Crippen LogP contribution >= 0.6 is 0 Å². The lowest BCUT2D eigenvalue weighted by molar-refractivity contribution is -0.143. The van der Waals surface area contributed by atoms with Crippen LogP contribution in [0.1, 0.15) is 19.8 Å². The first-order valence-corrected chi connectivity index (χ1v) is 9.15. The SMILES string of the molecule is COC(=O)C(C)N1c2cc(N3C(=O)C=C(C(F)(F)F)C3=O)c(F)cc2OC2(CC2)C1O. The third kappa shape index (κ3) is 3.12. The molecular formula is C19H16F4N2O6.